The molecule has 142 valence electrons. The van der Waals surface area contributed by atoms with E-state index in [4.69, 9.17) is 11.6 Å². The van der Waals surface area contributed by atoms with Crippen molar-refractivity contribution in [3.8, 4) is 0 Å². The van der Waals surface area contributed by atoms with E-state index in [1.807, 2.05) is 54.8 Å². The van der Waals surface area contributed by atoms with Crippen LogP contribution in [0.1, 0.15) is 44.6 Å². The molecule has 2 fully saturated rings. The molecular weight excluding hydrogens is 368 g/mol. The molecular formula is C20H27ClN2O2S. The third kappa shape index (κ3) is 4.04. The molecule has 3 rings (SSSR count). The Morgan fingerprint density at radius 1 is 1.27 bits per heavy atom. The van der Waals surface area contributed by atoms with Gasteiger partial charge in [0.2, 0.25) is 11.8 Å². The SMILES string of the molecule is CC(C)C(=O)N1CCC(CN2C(=O)C(C)SC2c2ccccc2Cl)CC1. The van der Waals surface area contributed by atoms with E-state index in [9.17, 15) is 9.59 Å². The van der Waals surface area contributed by atoms with E-state index in [1.165, 1.54) is 0 Å². The average Bonchev–Trinajstić information content (AvgIpc) is 2.90. The quantitative estimate of drug-likeness (QED) is 0.768. The highest BCUT2D eigenvalue weighted by molar-refractivity contribution is 8.01. The first-order valence-corrected chi connectivity index (χ1v) is 10.7. The number of likely N-dealkylation sites (tertiary alicyclic amines) is 1. The molecule has 0 bridgehead atoms. The van der Waals surface area contributed by atoms with E-state index in [0.717, 1.165) is 38.0 Å². The molecule has 2 heterocycles. The summed E-state index contributed by atoms with van der Waals surface area (Å²) in [5.41, 5.74) is 1.02. The maximum absolute atomic E-state index is 12.7. The number of thioether (sulfide) groups is 1. The Kier molecular flexibility index (Phi) is 6.18. The summed E-state index contributed by atoms with van der Waals surface area (Å²) in [7, 11) is 0. The van der Waals surface area contributed by atoms with Crippen LogP contribution in [-0.4, -0.2) is 46.5 Å². The summed E-state index contributed by atoms with van der Waals surface area (Å²) in [4.78, 5) is 28.9. The lowest BCUT2D eigenvalue weighted by atomic mass is 9.95. The van der Waals surface area contributed by atoms with Crippen molar-refractivity contribution in [1.29, 1.82) is 0 Å². The highest BCUT2D eigenvalue weighted by Gasteiger charge is 2.40. The summed E-state index contributed by atoms with van der Waals surface area (Å²) in [6.45, 7) is 8.21. The topological polar surface area (TPSA) is 40.6 Å². The maximum atomic E-state index is 12.7. The summed E-state index contributed by atoms with van der Waals surface area (Å²) < 4.78 is 0. The second-order valence-corrected chi connectivity index (χ2v) is 9.40. The zero-order valence-corrected chi connectivity index (χ0v) is 17.2. The molecule has 2 saturated heterocycles. The van der Waals surface area contributed by atoms with Crippen LogP contribution in [0.5, 0.6) is 0 Å². The summed E-state index contributed by atoms with van der Waals surface area (Å²) in [5.74, 6) is 0.916. The molecule has 2 unspecified atom stereocenters. The van der Waals surface area contributed by atoms with Gasteiger partial charge in [-0.25, -0.2) is 0 Å². The first-order chi connectivity index (χ1) is 12.4. The number of hydrogen-bond donors (Lipinski definition) is 0. The lowest BCUT2D eigenvalue weighted by Gasteiger charge is -2.36. The number of carbonyl (C=O) groups is 2. The van der Waals surface area contributed by atoms with Crippen LogP contribution in [0.2, 0.25) is 5.02 Å². The third-order valence-electron chi connectivity index (χ3n) is 5.29. The zero-order valence-electron chi connectivity index (χ0n) is 15.7. The zero-order chi connectivity index (χ0) is 18.8. The average molecular weight is 395 g/mol. The lowest BCUT2D eigenvalue weighted by molar-refractivity contribution is -0.137. The molecule has 2 aliphatic heterocycles. The van der Waals surface area contributed by atoms with Crippen LogP contribution >= 0.6 is 23.4 Å². The molecule has 6 heteroatoms. The largest absolute Gasteiger partial charge is 0.342 e. The molecule has 4 nitrogen and oxygen atoms in total. The molecule has 0 radical (unpaired) electrons. The number of rotatable bonds is 4. The van der Waals surface area contributed by atoms with Gasteiger partial charge in [-0.15, -0.1) is 11.8 Å². The van der Waals surface area contributed by atoms with E-state index in [-0.39, 0.29) is 28.4 Å². The predicted molar refractivity (Wildman–Crippen MR) is 107 cm³/mol. The smallest absolute Gasteiger partial charge is 0.236 e. The van der Waals surface area contributed by atoms with E-state index >= 15 is 0 Å². The van der Waals surface area contributed by atoms with Gasteiger partial charge in [-0.3, -0.25) is 9.59 Å². The second kappa shape index (κ2) is 8.22. The van der Waals surface area contributed by atoms with Crippen molar-refractivity contribution in [1.82, 2.24) is 9.80 Å². The molecule has 26 heavy (non-hydrogen) atoms. The minimum Gasteiger partial charge on any atom is -0.342 e. The van der Waals surface area contributed by atoms with Gasteiger partial charge in [0, 0.05) is 36.1 Å². The number of piperidine rings is 1. The number of carbonyl (C=O) groups excluding carboxylic acids is 2. The number of hydrogen-bond acceptors (Lipinski definition) is 3. The van der Waals surface area contributed by atoms with Crippen LogP contribution in [0.25, 0.3) is 0 Å². The molecule has 2 amide bonds. The Bertz CT molecular complexity index is 674. The number of benzene rings is 1. The molecule has 2 aliphatic rings. The normalized spacial score (nSPS) is 24.6. The molecule has 0 aliphatic carbocycles. The van der Waals surface area contributed by atoms with Crippen molar-refractivity contribution in [2.75, 3.05) is 19.6 Å². The molecule has 1 aromatic rings. The number of halogens is 1. The summed E-state index contributed by atoms with van der Waals surface area (Å²) in [5, 5.41) is 0.662. The Balaban J connectivity index is 1.67. The van der Waals surface area contributed by atoms with Crippen molar-refractivity contribution in [3.05, 3.63) is 34.9 Å². The van der Waals surface area contributed by atoms with Crippen molar-refractivity contribution in [2.45, 2.75) is 44.2 Å². The van der Waals surface area contributed by atoms with Crippen LogP contribution < -0.4 is 0 Å². The molecule has 0 spiro atoms. The number of nitrogens with zero attached hydrogens (tertiary/aromatic N) is 2. The van der Waals surface area contributed by atoms with Gasteiger partial charge in [-0.05, 0) is 31.7 Å². The Morgan fingerprint density at radius 3 is 2.54 bits per heavy atom. The van der Waals surface area contributed by atoms with E-state index in [1.54, 1.807) is 11.8 Å². The van der Waals surface area contributed by atoms with Crippen molar-refractivity contribution in [2.24, 2.45) is 11.8 Å². The van der Waals surface area contributed by atoms with Crippen molar-refractivity contribution < 1.29 is 9.59 Å². The fraction of sp³-hybridized carbons (Fsp3) is 0.600. The van der Waals surface area contributed by atoms with Crippen LogP contribution in [0.15, 0.2) is 24.3 Å². The third-order valence-corrected chi connectivity index (χ3v) is 7.01. The standard InChI is InChI=1S/C20H27ClN2O2S/c1-13(2)18(24)22-10-8-15(9-11-22)12-23-19(25)14(3)26-20(23)16-6-4-5-7-17(16)21/h4-7,13-15,20H,8-12H2,1-3H3. The highest BCUT2D eigenvalue weighted by Crippen LogP contribution is 2.45. The van der Waals surface area contributed by atoms with Crippen LogP contribution in [0, 0.1) is 11.8 Å². The van der Waals surface area contributed by atoms with Gasteiger partial charge in [-0.1, -0.05) is 43.6 Å². The van der Waals surface area contributed by atoms with Crippen molar-refractivity contribution in [3.63, 3.8) is 0 Å². The number of amides is 2. The monoisotopic (exact) mass is 394 g/mol. The van der Waals surface area contributed by atoms with Gasteiger partial charge in [-0.2, -0.15) is 0 Å². The fourth-order valence-corrected chi connectivity index (χ4v) is 5.39. The van der Waals surface area contributed by atoms with Gasteiger partial charge >= 0.3 is 0 Å². The van der Waals surface area contributed by atoms with E-state index in [0.29, 0.717) is 10.9 Å². The maximum Gasteiger partial charge on any atom is 0.236 e. The Labute approximate surface area is 165 Å². The van der Waals surface area contributed by atoms with Gasteiger partial charge < -0.3 is 9.80 Å². The van der Waals surface area contributed by atoms with Crippen LogP contribution in [-0.2, 0) is 9.59 Å². The molecule has 1 aromatic carbocycles. The molecule has 2 atom stereocenters. The van der Waals surface area contributed by atoms with Gasteiger partial charge in [0.25, 0.3) is 0 Å². The van der Waals surface area contributed by atoms with E-state index < -0.39 is 0 Å². The minimum atomic E-state index is -0.0427. The summed E-state index contributed by atoms with van der Waals surface area (Å²) in [6.07, 6.45) is 1.91. The Morgan fingerprint density at radius 2 is 1.92 bits per heavy atom. The van der Waals surface area contributed by atoms with Gasteiger partial charge in [0.1, 0.15) is 5.37 Å². The van der Waals surface area contributed by atoms with Gasteiger partial charge in [0.05, 0.1) is 5.25 Å². The lowest BCUT2D eigenvalue weighted by Crippen LogP contribution is -2.44. The molecule has 0 N–H and O–H groups in total. The fourth-order valence-electron chi connectivity index (χ4n) is 3.76. The summed E-state index contributed by atoms with van der Waals surface area (Å²) in [6, 6.07) is 7.80. The van der Waals surface area contributed by atoms with Crippen LogP contribution in [0.4, 0.5) is 0 Å². The van der Waals surface area contributed by atoms with Crippen molar-refractivity contribution >= 4 is 35.2 Å². The first kappa shape index (κ1) is 19.6. The summed E-state index contributed by atoms with van der Waals surface area (Å²) >= 11 is 8.07. The predicted octanol–water partition coefficient (Wildman–Crippen LogP) is 4.20. The first-order valence-electron chi connectivity index (χ1n) is 9.37. The minimum absolute atomic E-state index is 0.0125. The van der Waals surface area contributed by atoms with Gasteiger partial charge in [0.15, 0.2) is 0 Å². The molecule has 0 saturated carbocycles. The van der Waals surface area contributed by atoms with E-state index in [2.05, 4.69) is 0 Å². The van der Waals surface area contributed by atoms with Crippen LogP contribution in [0.3, 0.4) is 0 Å². The highest BCUT2D eigenvalue weighted by atomic mass is 35.5. The molecule has 0 aromatic heterocycles. The Hall–Kier alpha value is -1.20. The second-order valence-electron chi connectivity index (χ2n) is 7.57.